The second kappa shape index (κ2) is 4.49. The molecule has 0 saturated carbocycles. The first-order valence-corrected chi connectivity index (χ1v) is 5.14. The van der Waals surface area contributed by atoms with Gasteiger partial charge in [0, 0.05) is 24.6 Å². The van der Waals surface area contributed by atoms with Gasteiger partial charge in [0.2, 0.25) is 5.88 Å². The first kappa shape index (κ1) is 10.2. The SMILES string of the molecule is COc1cc(OC)nc(C2CCNC2)c1. The van der Waals surface area contributed by atoms with Gasteiger partial charge in [-0.25, -0.2) is 4.98 Å². The largest absolute Gasteiger partial charge is 0.496 e. The molecular weight excluding hydrogens is 192 g/mol. The summed E-state index contributed by atoms with van der Waals surface area (Å²) in [5.41, 5.74) is 1.05. The highest BCUT2D eigenvalue weighted by Crippen LogP contribution is 2.27. The van der Waals surface area contributed by atoms with Crippen molar-refractivity contribution >= 4 is 0 Å². The fourth-order valence-corrected chi connectivity index (χ4v) is 1.84. The number of aromatic nitrogens is 1. The minimum absolute atomic E-state index is 0.481. The Labute approximate surface area is 89.6 Å². The summed E-state index contributed by atoms with van der Waals surface area (Å²) in [6.07, 6.45) is 1.13. The van der Waals surface area contributed by atoms with Gasteiger partial charge in [-0.3, -0.25) is 0 Å². The lowest BCUT2D eigenvalue weighted by Gasteiger charge is -2.11. The van der Waals surface area contributed by atoms with Crippen LogP contribution in [0.25, 0.3) is 0 Å². The summed E-state index contributed by atoms with van der Waals surface area (Å²) in [6.45, 7) is 2.05. The van der Waals surface area contributed by atoms with Gasteiger partial charge in [0.25, 0.3) is 0 Å². The van der Waals surface area contributed by atoms with Gasteiger partial charge in [-0.2, -0.15) is 0 Å². The molecule has 1 N–H and O–H groups in total. The minimum Gasteiger partial charge on any atom is -0.496 e. The topological polar surface area (TPSA) is 43.4 Å². The van der Waals surface area contributed by atoms with Crippen molar-refractivity contribution in [2.24, 2.45) is 0 Å². The Hall–Kier alpha value is -1.29. The van der Waals surface area contributed by atoms with Crippen LogP contribution in [0, 0.1) is 0 Å². The Morgan fingerprint density at radius 3 is 2.80 bits per heavy atom. The highest BCUT2D eigenvalue weighted by Gasteiger charge is 2.19. The van der Waals surface area contributed by atoms with Crippen LogP contribution < -0.4 is 14.8 Å². The number of rotatable bonds is 3. The lowest BCUT2D eigenvalue weighted by atomic mass is 10.0. The Kier molecular flexibility index (Phi) is 3.06. The molecule has 4 nitrogen and oxygen atoms in total. The molecule has 1 aromatic heterocycles. The van der Waals surface area contributed by atoms with E-state index in [-0.39, 0.29) is 0 Å². The van der Waals surface area contributed by atoms with E-state index in [1.807, 2.05) is 6.07 Å². The van der Waals surface area contributed by atoms with E-state index in [2.05, 4.69) is 10.3 Å². The van der Waals surface area contributed by atoms with Gasteiger partial charge in [-0.05, 0) is 13.0 Å². The van der Waals surface area contributed by atoms with Crippen LogP contribution in [0.15, 0.2) is 12.1 Å². The molecule has 82 valence electrons. The first-order valence-electron chi connectivity index (χ1n) is 5.14. The van der Waals surface area contributed by atoms with E-state index >= 15 is 0 Å². The summed E-state index contributed by atoms with van der Waals surface area (Å²) in [7, 11) is 3.28. The molecule has 0 bridgehead atoms. The van der Waals surface area contributed by atoms with Crippen molar-refractivity contribution in [3.05, 3.63) is 17.8 Å². The number of hydrogen-bond donors (Lipinski definition) is 1. The predicted octanol–water partition coefficient (Wildman–Crippen LogP) is 1.18. The van der Waals surface area contributed by atoms with Crippen molar-refractivity contribution in [1.29, 1.82) is 0 Å². The fraction of sp³-hybridized carbons (Fsp3) is 0.545. The van der Waals surface area contributed by atoms with E-state index in [1.165, 1.54) is 0 Å². The van der Waals surface area contributed by atoms with Crippen LogP contribution in [-0.4, -0.2) is 32.3 Å². The van der Waals surface area contributed by atoms with E-state index in [4.69, 9.17) is 9.47 Å². The lowest BCUT2D eigenvalue weighted by molar-refractivity contribution is 0.379. The maximum absolute atomic E-state index is 5.22. The first-order chi connectivity index (χ1) is 7.33. The minimum atomic E-state index is 0.481. The molecule has 0 radical (unpaired) electrons. The smallest absolute Gasteiger partial charge is 0.216 e. The van der Waals surface area contributed by atoms with Crippen molar-refractivity contribution in [3.63, 3.8) is 0 Å². The maximum atomic E-state index is 5.22. The zero-order chi connectivity index (χ0) is 10.7. The summed E-state index contributed by atoms with van der Waals surface area (Å²) < 4.78 is 10.4. The monoisotopic (exact) mass is 208 g/mol. The van der Waals surface area contributed by atoms with Crippen LogP contribution >= 0.6 is 0 Å². The molecule has 1 fully saturated rings. The molecule has 2 rings (SSSR count). The molecule has 1 aromatic rings. The van der Waals surface area contributed by atoms with Crippen LogP contribution in [0.1, 0.15) is 18.0 Å². The van der Waals surface area contributed by atoms with Crippen LogP contribution in [-0.2, 0) is 0 Å². The molecule has 1 saturated heterocycles. The average molecular weight is 208 g/mol. The van der Waals surface area contributed by atoms with Gasteiger partial charge in [-0.1, -0.05) is 0 Å². The molecule has 0 aromatic carbocycles. The third-order valence-electron chi connectivity index (χ3n) is 2.72. The summed E-state index contributed by atoms with van der Waals surface area (Å²) in [5.74, 6) is 1.91. The molecule has 0 aliphatic carbocycles. The summed E-state index contributed by atoms with van der Waals surface area (Å²) in [5, 5.41) is 3.32. The zero-order valence-electron chi connectivity index (χ0n) is 9.12. The normalized spacial score (nSPS) is 20.3. The van der Waals surface area contributed by atoms with Gasteiger partial charge in [0.15, 0.2) is 0 Å². The molecule has 0 amide bonds. The van der Waals surface area contributed by atoms with E-state index in [9.17, 15) is 0 Å². The van der Waals surface area contributed by atoms with Gasteiger partial charge in [0.1, 0.15) is 5.75 Å². The zero-order valence-corrected chi connectivity index (χ0v) is 9.12. The highest BCUT2D eigenvalue weighted by atomic mass is 16.5. The average Bonchev–Trinajstić information content (AvgIpc) is 2.81. The molecule has 1 aliphatic heterocycles. The van der Waals surface area contributed by atoms with Gasteiger partial charge in [0.05, 0.1) is 19.9 Å². The molecule has 4 heteroatoms. The summed E-state index contributed by atoms with van der Waals surface area (Å²) in [4.78, 5) is 4.44. The molecule has 1 unspecified atom stereocenters. The molecule has 0 spiro atoms. The standard InChI is InChI=1S/C11H16N2O2/c1-14-9-5-10(8-3-4-12-7-8)13-11(6-9)15-2/h5-6,8,12H,3-4,7H2,1-2H3. The van der Waals surface area contributed by atoms with Crippen molar-refractivity contribution in [2.75, 3.05) is 27.3 Å². The fourth-order valence-electron chi connectivity index (χ4n) is 1.84. The number of nitrogens with one attached hydrogen (secondary N) is 1. The number of nitrogens with zero attached hydrogens (tertiary/aromatic N) is 1. The Morgan fingerprint density at radius 1 is 1.33 bits per heavy atom. The molecule has 2 heterocycles. The summed E-state index contributed by atoms with van der Waals surface area (Å²) >= 11 is 0. The predicted molar refractivity (Wildman–Crippen MR) is 57.6 cm³/mol. The Balaban J connectivity index is 2.28. The van der Waals surface area contributed by atoms with Crippen LogP contribution in [0.2, 0.25) is 0 Å². The van der Waals surface area contributed by atoms with Gasteiger partial charge < -0.3 is 14.8 Å². The van der Waals surface area contributed by atoms with Gasteiger partial charge in [-0.15, -0.1) is 0 Å². The molecule has 1 atom stereocenters. The quantitative estimate of drug-likeness (QED) is 0.810. The van der Waals surface area contributed by atoms with E-state index in [0.717, 1.165) is 31.0 Å². The second-order valence-corrected chi connectivity index (χ2v) is 3.66. The third-order valence-corrected chi connectivity index (χ3v) is 2.72. The van der Waals surface area contributed by atoms with Gasteiger partial charge >= 0.3 is 0 Å². The van der Waals surface area contributed by atoms with Crippen LogP contribution in [0.3, 0.4) is 0 Å². The number of ether oxygens (including phenoxy) is 2. The van der Waals surface area contributed by atoms with Crippen molar-refractivity contribution < 1.29 is 9.47 Å². The molecular formula is C11H16N2O2. The van der Waals surface area contributed by atoms with Crippen LogP contribution in [0.5, 0.6) is 11.6 Å². The van der Waals surface area contributed by atoms with E-state index < -0.39 is 0 Å². The molecule has 15 heavy (non-hydrogen) atoms. The van der Waals surface area contributed by atoms with Crippen molar-refractivity contribution in [2.45, 2.75) is 12.3 Å². The van der Waals surface area contributed by atoms with Crippen LogP contribution in [0.4, 0.5) is 0 Å². The summed E-state index contributed by atoms with van der Waals surface area (Å²) in [6, 6.07) is 3.78. The number of hydrogen-bond acceptors (Lipinski definition) is 4. The second-order valence-electron chi connectivity index (χ2n) is 3.66. The highest BCUT2D eigenvalue weighted by molar-refractivity contribution is 5.32. The molecule has 1 aliphatic rings. The van der Waals surface area contributed by atoms with E-state index in [0.29, 0.717) is 11.8 Å². The van der Waals surface area contributed by atoms with E-state index in [1.54, 1.807) is 20.3 Å². The lowest BCUT2D eigenvalue weighted by Crippen LogP contribution is -2.09. The Morgan fingerprint density at radius 2 is 2.20 bits per heavy atom. The number of methoxy groups -OCH3 is 2. The third kappa shape index (κ3) is 2.21. The Bertz CT molecular complexity index is 313. The van der Waals surface area contributed by atoms with Crippen molar-refractivity contribution in [3.8, 4) is 11.6 Å². The maximum Gasteiger partial charge on any atom is 0.216 e. The number of pyridine rings is 1. The van der Waals surface area contributed by atoms with Crippen molar-refractivity contribution in [1.82, 2.24) is 10.3 Å².